The third-order valence-electron chi connectivity index (χ3n) is 7.72. The summed E-state index contributed by atoms with van der Waals surface area (Å²) < 4.78 is 30.7. The number of carbonyl (C=O) groups is 5. The minimum absolute atomic E-state index is 0.0422. The van der Waals surface area contributed by atoms with E-state index in [4.69, 9.17) is 23.7 Å². The smallest absolute Gasteiger partial charge is 0.311 e. The van der Waals surface area contributed by atoms with Crippen LogP contribution in [0.4, 0.5) is 0 Å². The fourth-order valence-electron chi connectivity index (χ4n) is 4.71. The monoisotopic (exact) mass is 672 g/mol. The molecular weight excluding hydrogens is 620 g/mol. The van der Waals surface area contributed by atoms with E-state index < -0.39 is 82.2 Å². The van der Waals surface area contributed by atoms with Gasteiger partial charge in [0.2, 0.25) is 0 Å². The highest BCUT2D eigenvalue weighted by molar-refractivity contribution is 5.91. The second-order valence-corrected chi connectivity index (χ2v) is 16.5. The third kappa shape index (κ3) is 9.64. The quantitative estimate of drug-likeness (QED) is 0.280. The number of esters is 4. The molecule has 0 spiro atoms. The lowest BCUT2D eigenvalue weighted by Gasteiger charge is -2.50. The van der Waals surface area contributed by atoms with Crippen LogP contribution in [0.25, 0.3) is 0 Å². The Kier molecular flexibility index (Phi) is 11.6. The van der Waals surface area contributed by atoms with Crippen LogP contribution in [0.5, 0.6) is 0 Å². The Morgan fingerprint density at radius 3 is 1.75 bits per heavy atom. The van der Waals surface area contributed by atoms with Gasteiger partial charge in [0.25, 0.3) is 0 Å². The first-order valence-electron chi connectivity index (χ1n) is 16.3. The minimum Gasteiger partial charge on any atom is -0.462 e. The highest BCUT2D eigenvalue weighted by atomic mass is 16.7. The highest BCUT2D eigenvalue weighted by Gasteiger charge is 2.56. The maximum Gasteiger partial charge on any atom is 0.311 e. The van der Waals surface area contributed by atoms with Crippen molar-refractivity contribution in [2.45, 2.75) is 126 Å². The van der Waals surface area contributed by atoms with E-state index in [0.29, 0.717) is 5.56 Å². The molecule has 48 heavy (non-hydrogen) atoms. The van der Waals surface area contributed by atoms with Crippen LogP contribution >= 0.6 is 0 Å². The van der Waals surface area contributed by atoms with Crippen LogP contribution < -0.4 is 0 Å². The number of nitrogens with zero attached hydrogens (tertiary/aromatic N) is 2. The molecule has 266 valence electrons. The molecule has 0 unspecified atom stereocenters. The lowest BCUT2D eigenvalue weighted by molar-refractivity contribution is -0.283. The molecule has 6 atom stereocenters. The van der Waals surface area contributed by atoms with Crippen molar-refractivity contribution in [2.24, 2.45) is 21.7 Å². The van der Waals surface area contributed by atoms with Gasteiger partial charge < -0.3 is 28.6 Å². The van der Waals surface area contributed by atoms with Crippen LogP contribution in [0.1, 0.15) is 101 Å². The first-order chi connectivity index (χ1) is 21.9. The lowest BCUT2D eigenvalue weighted by atomic mass is 9.90. The molecule has 3 heterocycles. The van der Waals surface area contributed by atoms with Gasteiger partial charge in [-0.25, -0.2) is 0 Å². The number of pyridine rings is 1. The molecule has 1 aromatic heterocycles. The van der Waals surface area contributed by atoms with E-state index in [1.165, 1.54) is 12.3 Å². The summed E-state index contributed by atoms with van der Waals surface area (Å²) in [6.45, 7) is 19.7. The number of allylic oxidation sites excluding steroid dienone is 1. The number of ether oxygens (including phenoxy) is 5. The molecule has 0 N–H and O–H groups in total. The number of carbonyl (C=O) groups excluding carboxylic acids is 5. The van der Waals surface area contributed by atoms with Crippen LogP contribution in [-0.2, 0) is 47.7 Å². The molecule has 0 amide bonds. The second-order valence-electron chi connectivity index (χ2n) is 16.5. The second kappa shape index (κ2) is 14.4. The Hall–Kier alpha value is -3.80. The van der Waals surface area contributed by atoms with Crippen molar-refractivity contribution in [3.05, 3.63) is 42.4 Å². The van der Waals surface area contributed by atoms with Gasteiger partial charge in [-0.1, -0.05) is 6.07 Å². The SMILES string of the molecule is CC(C)(C)C(=O)OC[C@H]1O[C@@H](N2C=CC(=O)C[C@H]2c2cccnc2)[C@H](OC(=O)C(C)(C)C)[C@@H](OC(=O)C(C)(C)C)[C@H]1OC(=O)C(C)(C)C. The average Bonchev–Trinajstić information content (AvgIpc) is 2.96. The van der Waals surface area contributed by atoms with Crippen LogP contribution in [-0.4, -0.2) is 76.8 Å². The first-order valence-corrected chi connectivity index (χ1v) is 16.3. The summed E-state index contributed by atoms with van der Waals surface area (Å²) in [5.41, 5.74) is -3.16. The van der Waals surface area contributed by atoms with E-state index in [1.54, 1.807) is 106 Å². The predicted molar refractivity (Wildman–Crippen MR) is 175 cm³/mol. The van der Waals surface area contributed by atoms with Gasteiger partial charge in [0.1, 0.15) is 12.7 Å². The largest absolute Gasteiger partial charge is 0.462 e. The van der Waals surface area contributed by atoms with Gasteiger partial charge in [0.05, 0.1) is 27.7 Å². The Morgan fingerprint density at radius 2 is 1.27 bits per heavy atom. The Morgan fingerprint density at radius 1 is 0.771 bits per heavy atom. The molecule has 3 rings (SSSR count). The zero-order chi connectivity index (χ0) is 36.4. The molecule has 1 saturated heterocycles. The average molecular weight is 673 g/mol. The summed E-state index contributed by atoms with van der Waals surface area (Å²) in [5, 5.41) is 0. The van der Waals surface area contributed by atoms with Crippen molar-refractivity contribution in [1.82, 2.24) is 9.88 Å². The Balaban J connectivity index is 2.27. The van der Waals surface area contributed by atoms with Crippen LogP contribution in [0.15, 0.2) is 36.8 Å². The summed E-state index contributed by atoms with van der Waals surface area (Å²) in [6.07, 6.45) is -0.338. The van der Waals surface area contributed by atoms with Crippen LogP contribution in [0, 0.1) is 21.7 Å². The van der Waals surface area contributed by atoms with E-state index in [0.717, 1.165) is 0 Å². The molecule has 0 bridgehead atoms. The van der Waals surface area contributed by atoms with E-state index in [-0.39, 0.29) is 18.8 Å². The Bertz CT molecular complexity index is 1380. The van der Waals surface area contributed by atoms with Gasteiger partial charge >= 0.3 is 23.9 Å². The maximum atomic E-state index is 13.6. The van der Waals surface area contributed by atoms with E-state index in [1.807, 2.05) is 6.07 Å². The molecule has 0 radical (unpaired) electrons. The highest BCUT2D eigenvalue weighted by Crippen LogP contribution is 2.39. The number of ketones is 1. The van der Waals surface area contributed by atoms with Crippen molar-refractivity contribution in [3.63, 3.8) is 0 Å². The molecule has 0 aromatic carbocycles. The van der Waals surface area contributed by atoms with Gasteiger partial charge in [-0.05, 0) is 101 Å². The molecule has 1 fully saturated rings. The number of aromatic nitrogens is 1. The predicted octanol–water partition coefficient (Wildman–Crippen LogP) is 5.10. The molecule has 12 heteroatoms. The summed E-state index contributed by atoms with van der Waals surface area (Å²) >= 11 is 0. The third-order valence-corrected chi connectivity index (χ3v) is 7.72. The fraction of sp³-hybridized carbons (Fsp3) is 0.667. The van der Waals surface area contributed by atoms with Crippen molar-refractivity contribution < 1.29 is 47.7 Å². The van der Waals surface area contributed by atoms with Crippen molar-refractivity contribution in [1.29, 1.82) is 0 Å². The normalized spacial score (nSPS) is 25.2. The lowest BCUT2D eigenvalue weighted by Crippen LogP contribution is -2.67. The molecule has 0 saturated carbocycles. The van der Waals surface area contributed by atoms with E-state index in [9.17, 15) is 24.0 Å². The van der Waals surface area contributed by atoms with E-state index in [2.05, 4.69) is 4.98 Å². The molecular formula is C36H52N2O10. The van der Waals surface area contributed by atoms with Crippen LogP contribution in [0.3, 0.4) is 0 Å². The number of hydrogen-bond acceptors (Lipinski definition) is 12. The summed E-state index contributed by atoms with van der Waals surface area (Å²) in [6, 6.07) is 2.92. The minimum atomic E-state index is -1.41. The fourth-order valence-corrected chi connectivity index (χ4v) is 4.71. The van der Waals surface area contributed by atoms with Crippen molar-refractivity contribution in [3.8, 4) is 0 Å². The standard InChI is InChI=1S/C36H52N2O10/c1-33(2,3)29(40)44-20-24-25(46-30(41)34(4,5)6)26(47-31(42)35(7,8)9)27(48-32(43)36(10,11)12)28(45-24)38-17-15-22(39)18-23(38)21-14-13-16-37-19-21/h13-17,19,23-28H,18,20H2,1-12H3/t23-,24+,25-,26-,27+,28+/m0/s1. The van der Waals surface area contributed by atoms with Crippen molar-refractivity contribution in [2.75, 3.05) is 6.61 Å². The molecule has 0 aliphatic carbocycles. The zero-order valence-corrected chi connectivity index (χ0v) is 30.3. The van der Waals surface area contributed by atoms with Crippen molar-refractivity contribution >= 4 is 29.7 Å². The molecule has 12 nitrogen and oxygen atoms in total. The number of rotatable bonds is 7. The Labute approximate surface area is 283 Å². The zero-order valence-electron chi connectivity index (χ0n) is 30.3. The van der Waals surface area contributed by atoms with Gasteiger partial charge in [-0.2, -0.15) is 0 Å². The topological polar surface area (TPSA) is 148 Å². The summed E-state index contributed by atoms with van der Waals surface area (Å²) in [7, 11) is 0. The van der Waals surface area contributed by atoms with Gasteiger partial charge in [0.15, 0.2) is 30.3 Å². The van der Waals surface area contributed by atoms with E-state index >= 15 is 0 Å². The molecule has 2 aliphatic rings. The summed E-state index contributed by atoms with van der Waals surface area (Å²) in [5.74, 6) is -2.62. The molecule has 1 aromatic rings. The summed E-state index contributed by atoms with van der Waals surface area (Å²) in [4.78, 5) is 72.3. The molecule has 2 aliphatic heterocycles. The first kappa shape index (κ1) is 38.6. The maximum absolute atomic E-state index is 13.6. The van der Waals surface area contributed by atoms with Gasteiger partial charge in [-0.3, -0.25) is 29.0 Å². The van der Waals surface area contributed by atoms with Crippen LogP contribution in [0.2, 0.25) is 0 Å². The van der Waals surface area contributed by atoms with Gasteiger partial charge in [0, 0.05) is 25.0 Å². The van der Waals surface area contributed by atoms with Gasteiger partial charge in [-0.15, -0.1) is 0 Å². The number of hydrogen-bond donors (Lipinski definition) is 0.